The summed E-state index contributed by atoms with van der Waals surface area (Å²) in [6.45, 7) is 13.5. The first-order valence-electron chi connectivity index (χ1n) is 12.8. The fourth-order valence-corrected chi connectivity index (χ4v) is 7.03. The number of hydrogen-bond acceptors (Lipinski definition) is 2. The lowest BCUT2D eigenvalue weighted by Crippen LogP contribution is -2.41. The molecular weight excluding hydrogens is 406 g/mol. The average molecular weight is 446 g/mol. The van der Waals surface area contributed by atoms with Gasteiger partial charge in [0.1, 0.15) is 6.10 Å². The summed E-state index contributed by atoms with van der Waals surface area (Å²) in [6.07, 6.45) is 5.24. The molecule has 2 saturated carbocycles. The first-order valence-corrected chi connectivity index (χ1v) is 12.8. The molecule has 176 valence electrons. The van der Waals surface area contributed by atoms with E-state index in [-0.39, 0.29) is 28.9 Å². The van der Waals surface area contributed by atoms with Crippen molar-refractivity contribution < 1.29 is 9.53 Å². The van der Waals surface area contributed by atoms with Gasteiger partial charge in [-0.05, 0) is 69.4 Å². The summed E-state index contributed by atoms with van der Waals surface area (Å²) in [5, 5.41) is 2.56. The third kappa shape index (κ3) is 3.26. The van der Waals surface area contributed by atoms with Crippen LogP contribution in [0.25, 0.3) is 21.8 Å². The van der Waals surface area contributed by atoms with Crippen molar-refractivity contribution in [3.8, 4) is 0 Å². The van der Waals surface area contributed by atoms with Gasteiger partial charge in [0.15, 0.2) is 0 Å². The normalized spacial score (nSPS) is 27.3. The highest BCUT2D eigenvalue weighted by molar-refractivity contribution is 6.08. The molecule has 2 aliphatic rings. The van der Waals surface area contributed by atoms with Crippen LogP contribution >= 0.6 is 0 Å². The number of benzene rings is 2. The van der Waals surface area contributed by atoms with E-state index in [1.807, 2.05) is 0 Å². The van der Waals surface area contributed by atoms with E-state index < -0.39 is 5.41 Å². The summed E-state index contributed by atoms with van der Waals surface area (Å²) in [4.78, 5) is 13.6. The number of para-hydroxylation sites is 2. The van der Waals surface area contributed by atoms with Crippen LogP contribution in [-0.4, -0.2) is 16.6 Å². The van der Waals surface area contributed by atoms with Crippen LogP contribution in [0.1, 0.15) is 79.7 Å². The molecule has 2 fully saturated rings. The van der Waals surface area contributed by atoms with Gasteiger partial charge >= 0.3 is 5.97 Å². The summed E-state index contributed by atoms with van der Waals surface area (Å²) in [6, 6.07) is 17.5. The minimum absolute atomic E-state index is 0.0312. The van der Waals surface area contributed by atoms with Gasteiger partial charge in [0, 0.05) is 33.3 Å². The molecule has 2 bridgehead atoms. The molecule has 5 rings (SSSR count). The second-order valence-electron chi connectivity index (χ2n) is 12.1. The van der Waals surface area contributed by atoms with Crippen LogP contribution in [0.4, 0.5) is 0 Å². The third-order valence-electron chi connectivity index (χ3n) is 9.72. The number of nitrogens with zero attached hydrogens (tertiary/aromatic N) is 1. The van der Waals surface area contributed by atoms with Crippen LogP contribution in [0.2, 0.25) is 0 Å². The van der Waals surface area contributed by atoms with Gasteiger partial charge in [-0.15, -0.1) is 0 Å². The quantitative estimate of drug-likeness (QED) is 0.361. The first kappa shape index (κ1) is 22.5. The van der Waals surface area contributed by atoms with Gasteiger partial charge in [0.05, 0.1) is 5.41 Å². The molecule has 3 nitrogen and oxygen atoms in total. The molecule has 0 saturated heterocycles. The largest absolute Gasteiger partial charge is 0.461 e. The summed E-state index contributed by atoms with van der Waals surface area (Å²) < 4.78 is 8.80. The number of rotatable bonds is 6. The molecule has 2 aliphatic carbocycles. The van der Waals surface area contributed by atoms with Gasteiger partial charge in [0.25, 0.3) is 0 Å². The predicted octanol–water partition coefficient (Wildman–Crippen LogP) is 7.92. The van der Waals surface area contributed by atoms with Gasteiger partial charge in [-0.1, -0.05) is 64.1 Å². The fraction of sp³-hybridized carbons (Fsp3) is 0.567. The topological polar surface area (TPSA) is 31.2 Å². The van der Waals surface area contributed by atoms with Crippen molar-refractivity contribution in [1.82, 2.24) is 4.57 Å². The van der Waals surface area contributed by atoms with Gasteiger partial charge < -0.3 is 9.30 Å². The lowest BCUT2D eigenvalue weighted by molar-refractivity contribution is -0.168. The molecule has 3 aromatic rings. The molecule has 4 atom stereocenters. The maximum Gasteiger partial charge on any atom is 0.311 e. The van der Waals surface area contributed by atoms with Crippen LogP contribution in [0.15, 0.2) is 48.5 Å². The molecule has 33 heavy (non-hydrogen) atoms. The van der Waals surface area contributed by atoms with Crippen molar-refractivity contribution >= 4 is 27.8 Å². The summed E-state index contributed by atoms with van der Waals surface area (Å²) >= 11 is 0. The standard InChI is InChI=1S/C30H39NO2/c1-7-21(31-24-14-10-8-12-22(24)23-13-9-11-15-25(23)31)19-28(2,3)27(32)33-26-18-20-16-17-30(26,6)29(20,4)5/h8-15,20-21,26H,7,16-19H2,1-6H3. The Kier molecular flexibility index (Phi) is 5.19. The molecule has 1 heterocycles. The Morgan fingerprint density at radius 1 is 1.06 bits per heavy atom. The molecule has 0 spiro atoms. The lowest BCUT2D eigenvalue weighted by Gasteiger charge is -2.40. The molecular formula is C30H39NO2. The van der Waals surface area contributed by atoms with Gasteiger partial charge in [-0.2, -0.15) is 0 Å². The highest BCUT2D eigenvalue weighted by atomic mass is 16.5. The monoisotopic (exact) mass is 445 g/mol. The van der Waals surface area contributed by atoms with Crippen molar-refractivity contribution in [3.05, 3.63) is 48.5 Å². The molecule has 0 N–H and O–H groups in total. The smallest absolute Gasteiger partial charge is 0.311 e. The number of fused-ring (bicyclic) bond motifs is 5. The molecule has 1 aromatic heterocycles. The number of aromatic nitrogens is 1. The van der Waals surface area contributed by atoms with Crippen LogP contribution in [0, 0.1) is 22.2 Å². The third-order valence-corrected chi connectivity index (χ3v) is 9.72. The maximum atomic E-state index is 13.6. The zero-order chi connectivity index (χ0) is 23.6. The van der Waals surface area contributed by atoms with Crippen LogP contribution < -0.4 is 0 Å². The zero-order valence-electron chi connectivity index (χ0n) is 21.2. The summed E-state index contributed by atoms with van der Waals surface area (Å²) in [7, 11) is 0. The Bertz CT molecular complexity index is 1150. The lowest BCUT2D eigenvalue weighted by atomic mass is 9.70. The van der Waals surface area contributed by atoms with E-state index in [0.717, 1.165) is 19.3 Å². The summed E-state index contributed by atoms with van der Waals surface area (Å²) in [5.74, 6) is 0.640. The predicted molar refractivity (Wildman–Crippen MR) is 136 cm³/mol. The summed E-state index contributed by atoms with van der Waals surface area (Å²) in [5.41, 5.74) is 2.29. The maximum absolute atomic E-state index is 13.6. The highest BCUT2D eigenvalue weighted by Gasteiger charge is 2.63. The Labute approximate surface area is 198 Å². The number of hydrogen-bond donors (Lipinski definition) is 0. The van der Waals surface area contributed by atoms with Crippen LogP contribution in [0.5, 0.6) is 0 Å². The van der Waals surface area contributed by atoms with E-state index in [4.69, 9.17) is 4.74 Å². The van der Waals surface area contributed by atoms with Crippen LogP contribution in [-0.2, 0) is 9.53 Å². The first-order chi connectivity index (χ1) is 15.6. The zero-order valence-corrected chi connectivity index (χ0v) is 21.2. The van der Waals surface area contributed by atoms with E-state index in [1.54, 1.807) is 0 Å². The van der Waals surface area contributed by atoms with Crippen molar-refractivity contribution in [3.63, 3.8) is 0 Å². The van der Waals surface area contributed by atoms with Gasteiger partial charge in [0.2, 0.25) is 0 Å². The van der Waals surface area contributed by atoms with Gasteiger partial charge in [-0.3, -0.25) is 4.79 Å². The number of esters is 1. The average Bonchev–Trinajstić information content (AvgIpc) is 3.30. The Hall–Kier alpha value is -2.29. The Balaban J connectivity index is 1.43. The molecule has 2 aromatic carbocycles. The van der Waals surface area contributed by atoms with E-state index in [9.17, 15) is 4.79 Å². The van der Waals surface area contributed by atoms with E-state index in [1.165, 1.54) is 34.6 Å². The minimum atomic E-state index is -0.546. The molecule has 0 radical (unpaired) electrons. The molecule has 4 unspecified atom stereocenters. The molecule has 3 heteroatoms. The second-order valence-corrected chi connectivity index (χ2v) is 12.1. The van der Waals surface area contributed by atoms with Crippen molar-refractivity contribution in [2.75, 3.05) is 0 Å². The van der Waals surface area contributed by atoms with E-state index in [0.29, 0.717) is 5.92 Å². The number of ether oxygens (including phenoxy) is 1. The van der Waals surface area contributed by atoms with Gasteiger partial charge in [-0.25, -0.2) is 0 Å². The number of carbonyl (C=O) groups is 1. The van der Waals surface area contributed by atoms with Crippen molar-refractivity contribution in [2.24, 2.45) is 22.2 Å². The SMILES string of the molecule is CCC(CC(C)(C)C(=O)OC1CC2CCC1(C)C2(C)C)n1c2ccccc2c2ccccc21. The van der Waals surface area contributed by atoms with E-state index >= 15 is 0 Å². The number of carbonyl (C=O) groups excluding carboxylic acids is 1. The second kappa shape index (κ2) is 7.61. The van der Waals surface area contributed by atoms with E-state index in [2.05, 4.69) is 94.6 Å². The minimum Gasteiger partial charge on any atom is -0.461 e. The molecule has 0 aliphatic heterocycles. The van der Waals surface area contributed by atoms with Crippen LogP contribution in [0.3, 0.4) is 0 Å². The Morgan fingerprint density at radius 3 is 2.12 bits per heavy atom. The van der Waals surface area contributed by atoms with Crippen molar-refractivity contribution in [1.29, 1.82) is 0 Å². The Morgan fingerprint density at radius 2 is 1.64 bits per heavy atom. The molecule has 0 amide bonds. The highest BCUT2D eigenvalue weighted by Crippen LogP contribution is 2.66. The van der Waals surface area contributed by atoms with Crippen molar-refractivity contribution in [2.45, 2.75) is 85.8 Å². The fourth-order valence-electron chi connectivity index (χ4n) is 7.03.